The maximum Gasteiger partial charge on any atom is 0.348 e. The van der Waals surface area contributed by atoms with E-state index in [0.29, 0.717) is 33.1 Å². The molecule has 0 aliphatic carbocycles. The van der Waals surface area contributed by atoms with E-state index in [0.717, 1.165) is 16.9 Å². The van der Waals surface area contributed by atoms with Gasteiger partial charge in [-0.05, 0) is 43.2 Å². The van der Waals surface area contributed by atoms with Gasteiger partial charge in [-0.25, -0.2) is 9.78 Å². The summed E-state index contributed by atoms with van der Waals surface area (Å²) >= 11 is 1.17. The normalized spacial score (nSPS) is 11.2. The van der Waals surface area contributed by atoms with Crippen LogP contribution in [0, 0.1) is 6.92 Å². The van der Waals surface area contributed by atoms with Gasteiger partial charge in [-0.1, -0.05) is 48.5 Å². The van der Waals surface area contributed by atoms with Crippen molar-refractivity contribution < 1.29 is 14.3 Å². The number of rotatable bonds is 7. The number of esters is 1. The summed E-state index contributed by atoms with van der Waals surface area (Å²) in [5.74, 6) is 0.693. The average Bonchev–Trinajstić information content (AvgIpc) is 3.14. The molecule has 162 valence electrons. The Balaban J connectivity index is 1.60. The van der Waals surface area contributed by atoms with Crippen LogP contribution in [0.3, 0.4) is 0 Å². The van der Waals surface area contributed by atoms with E-state index in [9.17, 15) is 9.59 Å². The summed E-state index contributed by atoms with van der Waals surface area (Å²) in [7, 11) is 0. The summed E-state index contributed by atoms with van der Waals surface area (Å²) in [4.78, 5) is 33.0. The molecule has 2 heterocycles. The lowest BCUT2D eigenvalue weighted by Crippen LogP contribution is -2.10. The third-order valence-corrected chi connectivity index (χ3v) is 6.02. The molecule has 1 N–H and O–H groups in total. The second-order valence-electron chi connectivity index (χ2n) is 7.05. The fourth-order valence-electron chi connectivity index (χ4n) is 3.28. The number of carbonyl (C=O) groups is 1. The molecular weight excluding hydrogens is 424 g/mol. The standard InChI is InChI=1S/C25H22N2O4S/c1-3-30-25(29)22-16(2)21-23(28)26-20(27-24(21)32-22)14-13-18-11-7-8-12-19(18)31-15-17-9-5-4-6-10-17/h4-14H,3,15H2,1-2H3,(H,26,27,28). The van der Waals surface area contributed by atoms with Gasteiger partial charge >= 0.3 is 5.97 Å². The van der Waals surface area contributed by atoms with Crippen LogP contribution in [-0.4, -0.2) is 22.5 Å². The van der Waals surface area contributed by atoms with Crippen LogP contribution < -0.4 is 10.3 Å². The van der Waals surface area contributed by atoms with Crippen molar-refractivity contribution in [2.45, 2.75) is 20.5 Å². The first-order valence-corrected chi connectivity index (χ1v) is 11.0. The molecular formula is C25H22N2O4S. The van der Waals surface area contributed by atoms with Crippen molar-refractivity contribution in [3.05, 3.63) is 92.3 Å². The van der Waals surface area contributed by atoms with Gasteiger partial charge in [-0.3, -0.25) is 4.79 Å². The lowest BCUT2D eigenvalue weighted by Gasteiger charge is -2.09. The average molecular weight is 447 g/mol. The van der Waals surface area contributed by atoms with Gasteiger partial charge in [0.2, 0.25) is 0 Å². The van der Waals surface area contributed by atoms with Crippen molar-refractivity contribution in [3.8, 4) is 5.75 Å². The minimum absolute atomic E-state index is 0.274. The van der Waals surface area contributed by atoms with Gasteiger partial charge in [0.05, 0.1) is 12.0 Å². The van der Waals surface area contributed by atoms with Gasteiger partial charge in [-0.2, -0.15) is 0 Å². The summed E-state index contributed by atoms with van der Waals surface area (Å²) in [6.45, 7) is 4.21. The first-order valence-electron chi connectivity index (χ1n) is 10.2. The summed E-state index contributed by atoms with van der Waals surface area (Å²) in [5, 5.41) is 0.418. The molecule has 6 nitrogen and oxygen atoms in total. The van der Waals surface area contributed by atoms with Crippen LogP contribution in [0.2, 0.25) is 0 Å². The Bertz CT molecular complexity index is 1340. The molecule has 0 amide bonds. The highest BCUT2D eigenvalue weighted by Gasteiger charge is 2.19. The van der Waals surface area contributed by atoms with Crippen molar-refractivity contribution in [2.75, 3.05) is 6.61 Å². The smallest absolute Gasteiger partial charge is 0.348 e. The number of aromatic amines is 1. The highest BCUT2D eigenvalue weighted by molar-refractivity contribution is 7.20. The van der Waals surface area contributed by atoms with E-state index in [2.05, 4.69) is 9.97 Å². The fraction of sp³-hybridized carbons (Fsp3) is 0.160. The number of fused-ring (bicyclic) bond motifs is 1. The van der Waals surface area contributed by atoms with E-state index < -0.39 is 5.97 Å². The zero-order valence-corrected chi connectivity index (χ0v) is 18.6. The molecule has 0 saturated carbocycles. The molecule has 2 aromatic heterocycles. The molecule has 32 heavy (non-hydrogen) atoms. The van der Waals surface area contributed by atoms with Crippen LogP contribution in [0.4, 0.5) is 0 Å². The molecule has 0 fully saturated rings. The summed E-state index contributed by atoms with van der Waals surface area (Å²) in [6, 6.07) is 17.6. The molecule has 0 unspecified atom stereocenters. The Labute approximate surface area is 189 Å². The van der Waals surface area contributed by atoms with Crippen molar-refractivity contribution >= 4 is 39.7 Å². The van der Waals surface area contributed by atoms with E-state index in [4.69, 9.17) is 9.47 Å². The first-order chi connectivity index (χ1) is 15.6. The predicted octanol–water partition coefficient (Wildman–Crippen LogP) is 5.22. The molecule has 0 radical (unpaired) electrons. The Morgan fingerprint density at radius 1 is 1.09 bits per heavy atom. The predicted molar refractivity (Wildman–Crippen MR) is 127 cm³/mol. The molecule has 0 spiro atoms. The van der Waals surface area contributed by atoms with Crippen LogP contribution >= 0.6 is 11.3 Å². The number of nitrogens with one attached hydrogen (secondary N) is 1. The van der Waals surface area contributed by atoms with Gasteiger partial charge in [0.1, 0.15) is 27.9 Å². The fourth-order valence-corrected chi connectivity index (χ4v) is 4.37. The lowest BCUT2D eigenvalue weighted by molar-refractivity contribution is 0.0531. The second kappa shape index (κ2) is 9.62. The van der Waals surface area contributed by atoms with E-state index in [-0.39, 0.29) is 12.2 Å². The molecule has 2 aromatic carbocycles. The van der Waals surface area contributed by atoms with Crippen molar-refractivity contribution in [1.29, 1.82) is 0 Å². The molecule has 0 aliphatic heterocycles. The minimum Gasteiger partial charge on any atom is -0.488 e. The number of aryl methyl sites for hydroxylation is 1. The van der Waals surface area contributed by atoms with Gasteiger partial charge in [0, 0.05) is 5.56 Å². The van der Waals surface area contributed by atoms with Gasteiger partial charge in [0.15, 0.2) is 0 Å². The molecule has 7 heteroatoms. The van der Waals surface area contributed by atoms with Crippen molar-refractivity contribution in [2.24, 2.45) is 0 Å². The molecule has 4 aromatic rings. The number of hydrogen-bond donors (Lipinski definition) is 1. The monoisotopic (exact) mass is 446 g/mol. The Hall–Kier alpha value is -3.71. The molecule has 0 atom stereocenters. The summed E-state index contributed by atoms with van der Waals surface area (Å²) in [5.41, 5.74) is 2.24. The van der Waals surface area contributed by atoms with E-state index in [1.54, 1.807) is 19.9 Å². The van der Waals surface area contributed by atoms with Crippen LogP contribution in [0.1, 0.15) is 39.1 Å². The van der Waals surface area contributed by atoms with Gasteiger partial charge < -0.3 is 14.5 Å². The molecule has 0 saturated heterocycles. The zero-order valence-electron chi connectivity index (χ0n) is 17.8. The lowest BCUT2D eigenvalue weighted by atomic mass is 10.1. The SMILES string of the molecule is CCOC(=O)c1sc2nc(C=Cc3ccccc3OCc3ccccc3)[nH]c(=O)c2c1C. The maximum absolute atomic E-state index is 12.7. The Morgan fingerprint density at radius 3 is 2.62 bits per heavy atom. The van der Waals surface area contributed by atoms with E-state index >= 15 is 0 Å². The maximum atomic E-state index is 12.7. The second-order valence-corrected chi connectivity index (χ2v) is 8.05. The highest BCUT2D eigenvalue weighted by atomic mass is 32.1. The Kier molecular flexibility index (Phi) is 6.47. The molecule has 0 aliphatic rings. The number of H-pyrrole nitrogens is 1. The highest BCUT2D eigenvalue weighted by Crippen LogP contribution is 2.28. The third kappa shape index (κ3) is 4.63. The number of nitrogens with zero attached hydrogens (tertiary/aromatic N) is 1. The van der Waals surface area contributed by atoms with Crippen LogP contribution in [0.15, 0.2) is 59.4 Å². The minimum atomic E-state index is -0.436. The number of para-hydroxylation sites is 1. The summed E-state index contributed by atoms with van der Waals surface area (Å²) < 4.78 is 11.1. The number of thiophene rings is 1. The van der Waals surface area contributed by atoms with Crippen LogP contribution in [-0.2, 0) is 11.3 Å². The topological polar surface area (TPSA) is 81.3 Å². The quantitative estimate of drug-likeness (QED) is 0.394. The molecule has 0 bridgehead atoms. The number of hydrogen-bond acceptors (Lipinski definition) is 6. The first kappa shape index (κ1) is 21.5. The largest absolute Gasteiger partial charge is 0.488 e. The van der Waals surface area contributed by atoms with Crippen molar-refractivity contribution in [3.63, 3.8) is 0 Å². The van der Waals surface area contributed by atoms with Gasteiger partial charge in [-0.15, -0.1) is 11.3 Å². The number of benzene rings is 2. The number of ether oxygens (including phenoxy) is 2. The Morgan fingerprint density at radius 2 is 1.84 bits per heavy atom. The van der Waals surface area contributed by atoms with Crippen LogP contribution in [0.5, 0.6) is 5.75 Å². The molecule has 4 rings (SSSR count). The number of carbonyl (C=O) groups excluding carboxylic acids is 1. The number of aromatic nitrogens is 2. The van der Waals surface area contributed by atoms with Crippen molar-refractivity contribution in [1.82, 2.24) is 9.97 Å². The van der Waals surface area contributed by atoms with E-state index in [1.807, 2.05) is 60.7 Å². The third-order valence-electron chi connectivity index (χ3n) is 4.86. The zero-order chi connectivity index (χ0) is 22.5. The van der Waals surface area contributed by atoms with Crippen LogP contribution in [0.25, 0.3) is 22.4 Å². The summed E-state index contributed by atoms with van der Waals surface area (Å²) in [6.07, 6.45) is 3.57. The van der Waals surface area contributed by atoms with E-state index in [1.165, 1.54) is 11.3 Å². The van der Waals surface area contributed by atoms with Gasteiger partial charge in [0.25, 0.3) is 5.56 Å².